The highest BCUT2D eigenvalue weighted by Gasteiger charge is 2.21. The van der Waals surface area contributed by atoms with Gasteiger partial charge in [0, 0.05) is 24.0 Å². The van der Waals surface area contributed by atoms with E-state index in [0.29, 0.717) is 12.0 Å². The Kier molecular flexibility index (Phi) is 2.80. The summed E-state index contributed by atoms with van der Waals surface area (Å²) < 4.78 is 0. The SMILES string of the molecule is Cc1cc(NC2CC2)nc(Nc2cccnc2)n1. The van der Waals surface area contributed by atoms with E-state index < -0.39 is 0 Å². The third-order valence-corrected chi connectivity index (χ3v) is 2.70. The third kappa shape index (κ3) is 2.74. The predicted octanol–water partition coefficient (Wildman–Crippen LogP) is 2.50. The second-order valence-corrected chi connectivity index (χ2v) is 4.50. The van der Waals surface area contributed by atoms with E-state index in [4.69, 9.17) is 0 Å². The Morgan fingerprint density at radius 2 is 2.17 bits per heavy atom. The van der Waals surface area contributed by atoms with Crippen molar-refractivity contribution >= 4 is 17.5 Å². The molecule has 18 heavy (non-hydrogen) atoms. The fraction of sp³-hybridized carbons (Fsp3) is 0.308. The molecule has 92 valence electrons. The number of pyridine rings is 1. The summed E-state index contributed by atoms with van der Waals surface area (Å²) in [5.41, 5.74) is 1.83. The highest BCUT2D eigenvalue weighted by atomic mass is 15.2. The van der Waals surface area contributed by atoms with E-state index in [-0.39, 0.29) is 0 Å². The Morgan fingerprint density at radius 1 is 1.28 bits per heavy atom. The van der Waals surface area contributed by atoms with Gasteiger partial charge in [-0.3, -0.25) is 4.98 Å². The Bertz CT molecular complexity index is 536. The smallest absolute Gasteiger partial charge is 0.229 e. The second kappa shape index (κ2) is 4.60. The molecule has 3 rings (SSSR count). The monoisotopic (exact) mass is 241 g/mol. The minimum Gasteiger partial charge on any atom is -0.367 e. The molecule has 1 aliphatic rings. The van der Waals surface area contributed by atoms with Crippen molar-refractivity contribution in [2.24, 2.45) is 0 Å². The van der Waals surface area contributed by atoms with Gasteiger partial charge in [-0.25, -0.2) is 4.98 Å². The van der Waals surface area contributed by atoms with Crippen LogP contribution < -0.4 is 10.6 Å². The molecule has 1 aliphatic carbocycles. The quantitative estimate of drug-likeness (QED) is 0.861. The first kappa shape index (κ1) is 11.0. The molecule has 0 amide bonds. The Hall–Kier alpha value is -2.17. The van der Waals surface area contributed by atoms with Crippen LogP contribution in [0.4, 0.5) is 17.5 Å². The van der Waals surface area contributed by atoms with Crippen LogP contribution in [-0.4, -0.2) is 21.0 Å². The van der Waals surface area contributed by atoms with Gasteiger partial charge >= 0.3 is 0 Å². The summed E-state index contributed by atoms with van der Waals surface area (Å²) in [5, 5.41) is 6.53. The predicted molar refractivity (Wildman–Crippen MR) is 70.9 cm³/mol. The van der Waals surface area contributed by atoms with Crippen molar-refractivity contribution in [1.29, 1.82) is 0 Å². The molecule has 0 atom stereocenters. The lowest BCUT2D eigenvalue weighted by Gasteiger charge is -2.08. The molecule has 0 spiro atoms. The molecular weight excluding hydrogens is 226 g/mol. The summed E-state index contributed by atoms with van der Waals surface area (Å²) in [4.78, 5) is 12.9. The molecule has 0 unspecified atom stereocenters. The third-order valence-electron chi connectivity index (χ3n) is 2.70. The summed E-state index contributed by atoms with van der Waals surface area (Å²) >= 11 is 0. The van der Waals surface area contributed by atoms with Crippen molar-refractivity contribution < 1.29 is 0 Å². The zero-order valence-corrected chi connectivity index (χ0v) is 10.2. The number of anilines is 3. The number of rotatable bonds is 4. The van der Waals surface area contributed by atoms with Gasteiger partial charge in [-0.2, -0.15) is 4.98 Å². The highest BCUT2D eigenvalue weighted by molar-refractivity contribution is 5.54. The van der Waals surface area contributed by atoms with Gasteiger partial charge in [0.2, 0.25) is 5.95 Å². The normalized spacial score (nSPS) is 14.3. The van der Waals surface area contributed by atoms with Gasteiger partial charge < -0.3 is 10.6 Å². The van der Waals surface area contributed by atoms with Crippen LogP contribution >= 0.6 is 0 Å². The molecule has 0 bridgehead atoms. The molecule has 5 nitrogen and oxygen atoms in total. The van der Waals surface area contributed by atoms with Gasteiger partial charge in [-0.05, 0) is 31.9 Å². The van der Waals surface area contributed by atoms with Crippen molar-refractivity contribution in [3.8, 4) is 0 Å². The van der Waals surface area contributed by atoms with E-state index in [1.807, 2.05) is 25.1 Å². The van der Waals surface area contributed by atoms with E-state index in [9.17, 15) is 0 Å². The molecule has 0 aromatic carbocycles. The zero-order valence-electron chi connectivity index (χ0n) is 10.2. The first-order valence-electron chi connectivity index (χ1n) is 6.09. The number of hydrogen-bond acceptors (Lipinski definition) is 5. The lowest BCUT2D eigenvalue weighted by molar-refractivity contribution is 1.06. The van der Waals surface area contributed by atoms with Gasteiger partial charge in [0.05, 0.1) is 11.9 Å². The lowest BCUT2D eigenvalue weighted by atomic mass is 10.4. The molecule has 0 aliphatic heterocycles. The molecule has 2 aromatic rings. The fourth-order valence-corrected chi connectivity index (χ4v) is 1.70. The number of aryl methyl sites for hydroxylation is 1. The summed E-state index contributed by atoms with van der Waals surface area (Å²) in [6, 6.07) is 6.37. The number of nitrogens with zero attached hydrogens (tertiary/aromatic N) is 3. The summed E-state index contributed by atoms with van der Waals surface area (Å²) in [7, 11) is 0. The fourth-order valence-electron chi connectivity index (χ4n) is 1.70. The number of hydrogen-bond donors (Lipinski definition) is 2. The molecule has 1 fully saturated rings. The average molecular weight is 241 g/mol. The largest absolute Gasteiger partial charge is 0.367 e. The van der Waals surface area contributed by atoms with Gasteiger partial charge in [0.1, 0.15) is 5.82 Å². The molecular formula is C13H15N5. The summed E-state index contributed by atoms with van der Waals surface area (Å²) in [6.45, 7) is 1.97. The van der Waals surface area contributed by atoms with E-state index in [1.165, 1.54) is 12.8 Å². The van der Waals surface area contributed by atoms with Crippen LogP contribution in [0.1, 0.15) is 18.5 Å². The number of nitrogens with one attached hydrogen (secondary N) is 2. The van der Waals surface area contributed by atoms with E-state index in [0.717, 1.165) is 17.2 Å². The van der Waals surface area contributed by atoms with E-state index >= 15 is 0 Å². The first-order valence-corrected chi connectivity index (χ1v) is 6.09. The van der Waals surface area contributed by atoms with Crippen molar-refractivity contribution in [3.05, 3.63) is 36.3 Å². The van der Waals surface area contributed by atoms with E-state index in [2.05, 4.69) is 25.6 Å². The van der Waals surface area contributed by atoms with Gasteiger partial charge in [-0.15, -0.1) is 0 Å². The minimum atomic E-state index is 0.588. The Morgan fingerprint density at radius 3 is 2.89 bits per heavy atom. The van der Waals surface area contributed by atoms with Crippen LogP contribution in [0.3, 0.4) is 0 Å². The average Bonchev–Trinajstić information content (AvgIpc) is 3.13. The standard InChI is InChI=1S/C13H15N5/c1-9-7-12(16-10-4-5-10)18-13(15-9)17-11-3-2-6-14-8-11/h2-3,6-8,10H,4-5H2,1H3,(H2,15,16,17,18). The van der Waals surface area contributed by atoms with Crippen LogP contribution in [0.15, 0.2) is 30.6 Å². The second-order valence-electron chi connectivity index (χ2n) is 4.50. The maximum absolute atomic E-state index is 4.45. The van der Waals surface area contributed by atoms with Gasteiger partial charge in [-0.1, -0.05) is 0 Å². The molecule has 2 heterocycles. The topological polar surface area (TPSA) is 62.7 Å². The van der Waals surface area contributed by atoms with E-state index in [1.54, 1.807) is 12.4 Å². The van der Waals surface area contributed by atoms with Crippen LogP contribution in [-0.2, 0) is 0 Å². The van der Waals surface area contributed by atoms with Crippen molar-refractivity contribution in [1.82, 2.24) is 15.0 Å². The van der Waals surface area contributed by atoms with Crippen LogP contribution in [0.25, 0.3) is 0 Å². The summed E-state index contributed by atoms with van der Waals surface area (Å²) in [5.74, 6) is 1.49. The van der Waals surface area contributed by atoms with Gasteiger partial charge in [0.25, 0.3) is 0 Å². The Balaban J connectivity index is 1.80. The van der Waals surface area contributed by atoms with Crippen molar-refractivity contribution in [2.45, 2.75) is 25.8 Å². The molecule has 0 radical (unpaired) electrons. The highest BCUT2D eigenvalue weighted by Crippen LogP contribution is 2.24. The summed E-state index contributed by atoms with van der Waals surface area (Å²) in [6.07, 6.45) is 5.95. The molecule has 0 saturated heterocycles. The maximum atomic E-state index is 4.45. The van der Waals surface area contributed by atoms with Crippen molar-refractivity contribution in [2.75, 3.05) is 10.6 Å². The molecule has 5 heteroatoms. The lowest BCUT2D eigenvalue weighted by Crippen LogP contribution is -2.06. The Labute approximate surface area is 106 Å². The first-order chi connectivity index (χ1) is 8.79. The minimum absolute atomic E-state index is 0.588. The van der Waals surface area contributed by atoms with Crippen molar-refractivity contribution in [3.63, 3.8) is 0 Å². The zero-order chi connectivity index (χ0) is 12.4. The van der Waals surface area contributed by atoms with Crippen LogP contribution in [0.5, 0.6) is 0 Å². The number of aromatic nitrogens is 3. The van der Waals surface area contributed by atoms with Gasteiger partial charge in [0.15, 0.2) is 0 Å². The maximum Gasteiger partial charge on any atom is 0.229 e. The van der Waals surface area contributed by atoms with Crippen LogP contribution in [0.2, 0.25) is 0 Å². The van der Waals surface area contributed by atoms with Crippen LogP contribution in [0, 0.1) is 6.92 Å². The molecule has 1 saturated carbocycles. The molecule has 2 N–H and O–H groups in total. The molecule has 2 aromatic heterocycles.